The molecule has 0 radical (unpaired) electrons. The van der Waals surface area contributed by atoms with E-state index in [1.165, 1.54) is 12.1 Å². The molecular weight excluding hydrogens is 679 g/mol. The number of amides is 1. The highest BCUT2D eigenvalue weighted by atomic mass is 79.9. The third kappa shape index (κ3) is 7.76. The van der Waals surface area contributed by atoms with Crippen LogP contribution in [0.5, 0.6) is 5.75 Å². The van der Waals surface area contributed by atoms with Gasteiger partial charge in [-0.3, -0.25) is 4.79 Å². The summed E-state index contributed by atoms with van der Waals surface area (Å²) in [5, 5.41) is 15.7. The average molecular weight is 709 g/mol. The van der Waals surface area contributed by atoms with Crippen molar-refractivity contribution in [1.82, 2.24) is 5.32 Å². The van der Waals surface area contributed by atoms with Crippen molar-refractivity contribution in [2.45, 2.75) is 37.2 Å². The van der Waals surface area contributed by atoms with Crippen LogP contribution >= 0.6 is 15.9 Å². The molecule has 0 fully saturated rings. The summed E-state index contributed by atoms with van der Waals surface area (Å²) in [5.74, 6) is 0.116. The lowest BCUT2D eigenvalue weighted by Crippen LogP contribution is -2.49. The smallest absolute Gasteiger partial charge is 0.416 e. The maximum absolute atomic E-state index is 14.5. The molecule has 242 valence electrons. The van der Waals surface area contributed by atoms with Gasteiger partial charge >= 0.3 is 6.18 Å². The predicted octanol–water partition coefficient (Wildman–Crippen LogP) is 7.99. The number of nitrogens with zero attached hydrogens (tertiary/aromatic N) is 4. The van der Waals surface area contributed by atoms with Gasteiger partial charge in [0.15, 0.2) is 11.6 Å². The number of azide groups is 1. The highest BCUT2D eigenvalue weighted by molar-refractivity contribution is 9.10. The molecule has 0 aliphatic carbocycles. The molecule has 13 heteroatoms. The van der Waals surface area contributed by atoms with Crippen LogP contribution in [-0.4, -0.2) is 35.7 Å². The fourth-order valence-electron chi connectivity index (χ4n) is 5.24. The third-order valence-electron chi connectivity index (χ3n) is 7.53. The summed E-state index contributed by atoms with van der Waals surface area (Å²) in [4.78, 5) is 22.4. The molecule has 0 aromatic heterocycles. The van der Waals surface area contributed by atoms with Gasteiger partial charge < -0.3 is 19.9 Å². The van der Waals surface area contributed by atoms with Crippen molar-refractivity contribution in [2.75, 3.05) is 13.2 Å². The Morgan fingerprint density at radius 1 is 1.06 bits per heavy atom. The second kappa shape index (κ2) is 14.7. The molecule has 0 spiro atoms. The molecule has 47 heavy (non-hydrogen) atoms. The first-order valence-corrected chi connectivity index (χ1v) is 15.4. The van der Waals surface area contributed by atoms with Gasteiger partial charge in [-0.05, 0) is 59.1 Å². The SMILES string of the molecule is [N-]=[N+]=Nc1ccccc1C[C@@]1(C(=O)NCc2cccc(C(F)(F)F)c2)N=C(c2ccc(OCCCO)cc2)O[C@@H]1c1ccccc1Br. The molecule has 4 aromatic rings. The fraction of sp³-hybridized carbons (Fsp3) is 0.235. The van der Waals surface area contributed by atoms with Crippen molar-refractivity contribution in [3.63, 3.8) is 0 Å². The van der Waals surface area contributed by atoms with E-state index in [1.54, 1.807) is 66.7 Å². The van der Waals surface area contributed by atoms with E-state index in [0.717, 1.165) is 12.1 Å². The van der Waals surface area contributed by atoms with Gasteiger partial charge in [0.25, 0.3) is 5.91 Å². The number of aliphatic hydroxyl groups is 1. The van der Waals surface area contributed by atoms with Gasteiger partial charge in [0.2, 0.25) is 5.90 Å². The summed E-state index contributed by atoms with van der Waals surface area (Å²) in [5.41, 5.74) is 8.90. The standard InChI is InChI=1S/C34H29BrF3N5O4/c35-28-11-3-2-10-27(28)30-33(20-24-8-1-4-12-29(24)42-43-39,32(45)40-21-22-7-5-9-25(19-22)34(36,37)38)41-31(47-30)23-13-15-26(16-14-23)46-18-6-17-44/h1-5,7-16,19,30,44H,6,17-18,20-21H2,(H,40,45)/t30-,33-/m1/s1. The van der Waals surface area contributed by atoms with Gasteiger partial charge in [-0.15, -0.1) is 0 Å². The predicted molar refractivity (Wildman–Crippen MR) is 173 cm³/mol. The van der Waals surface area contributed by atoms with E-state index in [9.17, 15) is 23.5 Å². The Morgan fingerprint density at radius 2 is 1.81 bits per heavy atom. The largest absolute Gasteiger partial charge is 0.494 e. The van der Waals surface area contributed by atoms with Crippen LogP contribution in [0.3, 0.4) is 0 Å². The van der Waals surface area contributed by atoms with E-state index in [0.29, 0.717) is 45.6 Å². The number of aliphatic hydroxyl groups excluding tert-OH is 1. The number of rotatable bonds is 12. The molecule has 0 saturated carbocycles. The van der Waals surface area contributed by atoms with Gasteiger partial charge in [-0.25, -0.2) is 4.99 Å². The Kier molecular flexibility index (Phi) is 10.5. The molecule has 0 unspecified atom stereocenters. The van der Waals surface area contributed by atoms with Crippen LogP contribution in [0.15, 0.2) is 112 Å². The number of carbonyl (C=O) groups excluding carboxylic acids is 1. The van der Waals surface area contributed by atoms with Crippen molar-refractivity contribution >= 4 is 33.4 Å². The number of hydrogen-bond acceptors (Lipinski definition) is 6. The van der Waals surface area contributed by atoms with E-state index in [1.807, 2.05) is 6.07 Å². The van der Waals surface area contributed by atoms with Crippen molar-refractivity contribution in [2.24, 2.45) is 10.1 Å². The second-order valence-corrected chi connectivity index (χ2v) is 11.5. The molecular formula is C34H29BrF3N5O4. The van der Waals surface area contributed by atoms with Crippen molar-refractivity contribution in [3.05, 3.63) is 140 Å². The van der Waals surface area contributed by atoms with Gasteiger partial charge in [-0.1, -0.05) is 75.6 Å². The van der Waals surface area contributed by atoms with Crippen LogP contribution in [0.2, 0.25) is 0 Å². The van der Waals surface area contributed by atoms with Crippen LogP contribution in [0, 0.1) is 0 Å². The van der Waals surface area contributed by atoms with Crippen LogP contribution in [-0.2, 0) is 28.7 Å². The first-order chi connectivity index (χ1) is 22.6. The van der Waals surface area contributed by atoms with Gasteiger partial charge in [-0.2, -0.15) is 13.2 Å². The lowest BCUT2D eigenvalue weighted by atomic mass is 9.81. The first kappa shape index (κ1) is 33.5. The molecule has 1 amide bonds. The van der Waals surface area contributed by atoms with Crippen molar-refractivity contribution in [3.8, 4) is 5.75 Å². The monoisotopic (exact) mass is 707 g/mol. The summed E-state index contributed by atoms with van der Waals surface area (Å²) in [6, 6.07) is 25.6. The lowest BCUT2D eigenvalue weighted by molar-refractivity contribution is -0.137. The Morgan fingerprint density at radius 3 is 2.53 bits per heavy atom. The molecule has 1 aliphatic rings. The summed E-state index contributed by atoms with van der Waals surface area (Å²) in [6.45, 7) is 0.118. The molecule has 9 nitrogen and oxygen atoms in total. The topological polar surface area (TPSA) is 129 Å². The summed E-state index contributed by atoms with van der Waals surface area (Å²) in [7, 11) is 0. The summed E-state index contributed by atoms with van der Waals surface area (Å²) in [6.07, 6.45) is -5.15. The van der Waals surface area contributed by atoms with E-state index in [4.69, 9.17) is 19.6 Å². The summed E-state index contributed by atoms with van der Waals surface area (Å²) >= 11 is 3.58. The number of halogens is 4. The van der Waals surface area contributed by atoms with E-state index in [2.05, 4.69) is 31.3 Å². The quantitative estimate of drug-likeness (QED) is 0.0669. The maximum Gasteiger partial charge on any atom is 0.416 e. The number of nitrogens with one attached hydrogen (secondary N) is 1. The number of alkyl halides is 3. The number of hydrogen-bond donors (Lipinski definition) is 2. The Bertz CT molecular complexity index is 1810. The number of ether oxygens (including phenoxy) is 2. The van der Waals surface area contributed by atoms with E-state index < -0.39 is 29.3 Å². The Balaban J connectivity index is 1.60. The fourth-order valence-corrected chi connectivity index (χ4v) is 5.73. The molecule has 2 atom stereocenters. The van der Waals surface area contributed by atoms with Crippen LogP contribution in [0.4, 0.5) is 18.9 Å². The van der Waals surface area contributed by atoms with E-state index >= 15 is 0 Å². The van der Waals surface area contributed by atoms with E-state index in [-0.39, 0.29) is 31.0 Å². The zero-order chi connectivity index (χ0) is 33.4. The minimum atomic E-state index is -4.55. The van der Waals surface area contributed by atoms with Crippen molar-refractivity contribution in [1.29, 1.82) is 0 Å². The molecule has 1 aliphatic heterocycles. The molecule has 0 saturated heterocycles. The Hall–Kier alpha value is -4.84. The number of carbonyl (C=O) groups is 1. The molecule has 4 aromatic carbocycles. The van der Waals surface area contributed by atoms with Crippen LogP contribution < -0.4 is 10.1 Å². The molecule has 1 heterocycles. The Labute approximate surface area is 276 Å². The number of aliphatic imine (C=N–C) groups is 1. The van der Waals surface area contributed by atoms with Gasteiger partial charge in [0.05, 0.1) is 12.2 Å². The van der Waals surface area contributed by atoms with Crippen LogP contribution in [0.1, 0.15) is 40.3 Å². The highest BCUT2D eigenvalue weighted by Crippen LogP contribution is 2.45. The lowest BCUT2D eigenvalue weighted by Gasteiger charge is -2.31. The molecule has 0 bridgehead atoms. The normalized spacial score (nSPS) is 17.3. The number of benzene rings is 4. The second-order valence-electron chi connectivity index (χ2n) is 10.7. The van der Waals surface area contributed by atoms with Gasteiger partial charge in [0, 0.05) is 52.2 Å². The first-order valence-electron chi connectivity index (χ1n) is 14.6. The molecule has 2 N–H and O–H groups in total. The zero-order valence-electron chi connectivity index (χ0n) is 24.8. The average Bonchev–Trinajstić information content (AvgIpc) is 3.45. The highest BCUT2D eigenvalue weighted by Gasteiger charge is 2.54. The minimum Gasteiger partial charge on any atom is -0.494 e. The van der Waals surface area contributed by atoms with Gasteiger partial charge in [0.1, 0.15) is 5.75 Å². The van der Waals surface area contributed by atoms with Crippen molar-refractivity contribution < 1.29 is 32.5 Å². The summed E-state index contributed by atoms with van der Waals surface area (Å²) < 4.78 is 53.1. The van der Waals surface area contributed by atoms with Crippen LogP contribution in [0.25, 0.3) is 10.4 Å². The minimum absolute atomic E-state index is 0.000118. The maximum atomic E-state index is 14.5. The molecule has 5 rings (SSSR count). The third-order valence-corrected chi connectivity index (χ3v) is 8.25. The zero-order valence-corrected chi connectivity index (χ0v) is 26.4.